The highest BCUT2D eigenvalue weighted by atomic mass is 35.5. The third-order valence-electron chi connectivity index (χ3n) is 3.35. The third-order valence-corrected chi connectivity index (χ3v) is 3.63. The van der Waals surface area contributed by atoms with E-state index in [2.05, 4.69) is 25.6 Å². The van der Waals surface area contributed by atoms with Crippen molar-refractivity contribution in [2.24, 2.45) is 0 Å². The van der Waals surface area contributed by atoms with Crippen molar-refractivity contribution in [3.05, 3.63) is 69.4 Å². The van der Waals surface area contributed by atoms with E-state index in [1.54, 1.807) is 12.3 Å². The number of halogens is 2. The number of anilines is 4. The van der Waals surface area contributed by atoms with E-state index in [4.69, 9.17) is 11.6 Å². The van der Waals surface area contributed by atoms with Gasteiger partial charge in [0.1, 0.15) is 18.0 Å². The molecule has 132 valence electrons. The van der Waals surface area contributed by atoms with Gasteiger partial charge in [0.05, 0.1) is 9.95 Å². The number of aromatic nitrogens is 3. The lowest BCUT2D eigenvalue weighted by Crippen LogP contribution is -2.06. The first-order chi connectivity index (χ1) is 12.4. The van der Waals surface area contributed by atoms with Gasteiger partial charge in [-0.25, -0.2) is 19.3 Å². The van der Waals surface area contributed by atoms with Gasteiger partial charge in [0.15, 0.2) is 0 Å². The van der Waals surface area contributed by atoms with E-state index in [0.717, 1.165) is 18.0 Å². The zero-order valence-electron chi connectivity index (χ0n) is 13.4. The SMILES string of the molecule is Cc1ccc(Nc2ncnc(Nc3ccc(F)c(Cl)c3)c2[N+](=O)[O-])nc1. The topological polar surface area (TPSA) is 106 Å². The maximum atomic E-state index is 13.3. The predicted molar refractivity (Wildman–Crippen MR) is 95.6 cm³/mol. The Labute approximate surface area is 152 Å². The number of nitrogens with one attached hydrogen (secondary N) is 2. The van der Waals surface area contributed by atoms with Gasteiger partial charge in [-0.3, -0.25) is 10.1 Å². The summed E-state index contributed by atoms with van der Waals surface area (Å²) >= 11 is 5.73. The summed E-state index contributed by atoms with van der Waals surface area (Å²) in [4.78, 5) is 22.9. The average molecular weight is 375 g/mol. The van der Waals surface area contributed by atoms with Crippen LogP contribution in [-0.2, 0) is 0 Å². The molecule has 0 unspecified atom stereocenters. The fourth-order valence-corrected chi connectivity index (χ4v) is 2.29. The van der Waals surface area contributed by atoms with Crippen molar-refractivity contribution in [3.63, 3.8) is 0 Å². The number of aryl methyl sites for hydroxylation is 1. The molecular formula is C16H12ClFN6O2. The van der Waals surface area contributed by atoms with Crippen LogP contribution in [-0.4, -0.2) is 19.9 Å². The molecule has 0 fully saturated rings. The van der Waals surface area contributed by atoms with Gasteiger partial charge in [-0.15, -0.1) is 0 Å². The van der Waals surface area contributed by atoms with E-state index >= 15 is 0 Å². The van der Waals surface area contributed by atoms with E-state index in [9.17, 15) is 14.5 Å². The summed E-state index contributed by atoms with van der Waals surface area (Å²) in [6, 6.07) is 7.32. The van der Waals surface area contributed by atoms with Gasteiger partial charge in [-0.1, -0.05) is 17.7 Å². The Morgan fingerprint density at radius 2 is 1.85 bits per heavy atom. The van der Waals surface area contributed by atoms with Crippen LogP contribution >= 0.6 is 11.6 Å². The van der Waals surface area contributed by atoms with Crippen LogP contribution in [0.25, 0.3) is 0 Å². The minimum atomic E-state index is -0.621. The first-order valence-corrected chi connectivity index (χ1v) is 7.73. The second-order valence-corrected chi connectivity index (χ2v) is 5.68. The predicted octanol–water partition coefficient (Wildman–Crippen LogP) is 4.37. The molecule has 0 aliphatic carbocycles. The molecule has 2 aromatic heterocycles. The normalized spacial score (nSPS) is 10.4. The standard InChI is InChI=1S/C16H12ClFN6O2/c1-9-2-5-13(19-7-9)23-16-14(24(25)26)15(20-8-21-16)22-10-3-4-12(18)11(17)6-10/h2-8H,1H3,(H2,19,20,21,22,23). The number of hydrogen-bond acceptors (Lipinski definition) is 7. The summed E-state index contributed by atoms with van der Waals surface area (Å²) in [5, 5.41) is 17.0. The molecule has 0 aliphatic rings. The van der Waals surface area contributed by atoms with Crippen molar-refractivity contribution in [2.45, 2.75) is 6.92 Å². The molecule has 2 N–H and O–H groups in total. The van der Waals surface area contributed by atoms with Gasteiger partial charge in [-0.2, -0.15) is 0 Å². The van der Waals surface area contributed by atoms with E-state index in [-0.39, 0.29) is 22.3 Å². The first kappa shape index (κ1) is 17.5. The van der Waals surface area contributed by atoms with Crippen molar-refractivity contribution in [3.8, 4) is 0 Å². The Morgan fingerprint density at radius 1 is 1.12 bits per heavy atom. The molecule has 3 rings (SSSR count). The zero-order valence-corrected chi connectivity index (χ0v) is 14.2. The highest BCUT2D eigenvalue weighted by molar-refractivity contribution is 6.31. The lowest BCUT2D eigenvalue weighted by molar-refractivity contribution is -0.383. The number of nitro groups is 1. The Balaban J connectivity index is 1.96. The largest absolute Gasteiger partial charge is 0.353 e. The van der Waals surface area contributed by atoms with Crippen LogP contribution in [0.1, 0.15) is 5.56 Å². The molecule has 0 bridgehead atoms. The van der Waals surface area contributed by atoms with E-state index in [0.29, 0.717) is 11.5 Å². The van der Waals surface area contributed by atoms with Gasteiger partial charge in [-0.05, 0) is 36.8 Å². The Hall–Kier alpha value is -3.33. The van der Waals surface area contributed by atoms with Crippen LogP contribution in [0.2, 0.25) is 5.02 Å². The molecule has 3 aromatic rings. The molecule has 0 saturated carbocycles. The molecule has 0 amide bonds. The molecule has 10 heteroatoms. The smallest absolute Gasteiger partial charge is 0.334 e. The molecule has 8 nitrogen and oxygen atoms in total. The Kier molecular flexibility index (Phi) is 4.90. The summed E-state index contributed by atoms with van der Waals surface area (Å²) in [5.41, 5.74) is 0.913. The highest BCUT2D eigenvalue weighted by Crippen LogP contribution is 2.33. The lowest BCUT2D eigenvalue weighted by atomic mass is 10.3. The molecule has 0 spiro atoms. The second-order valence-electron chi connectivity index (χ2n) is 5.28. The average Bonchev–Trinajstić information content (AvgIpc) is 2.60. The molecule has 1 aromatic carbocycles. The maximum absolute atomic E-state index is 13.3. The zero-order chi connectivity index (χ0) is 18.7. The van der Waals surface area contributed by atoms with E-state index < -0.39 is 10.7 Å². The molecular weight excluding hydrogens is 363 g/mol. The fraction of sp³-hybridized carbons (Fsp3) is 0.0625. The van der Waals surface area contributed by atoms with Crippen LogP contribution in [0.5, 0.6) is 0 Å². The maximum Gasteiger partial charge on any atom is 0.353 e. The Morgan fingerprint density at radius 3 is 2.46 bits per heavy atom. The van der Waals surface area contributed by atoms with Crippen molar-refractivity contribution in [2.75, 3.05) is 10.6 Å². The van der Waals surface area contributed by atoms with Gasteiger partial charge >= 0.3 is 5.69 Å². The first-order valence-electron chi connectivity index (χ1n) is 7.35. The molecule has 2 heterocycles. The van der Waals surface area contributed by atoms with Crippen molar-refractivity contribution < 1.29 is 9.31 Å². The fourth-order valence-electron chi connectivity index (χ4n) is 2.11. The van der Waals surface area contributed by atoms with Gasteiger partial charge < -0.3 is 10.6 Å². The van der Waals surface area contributed by atoms with Gasteiger partial charge in [0.25, 0.3) is 0 Å². The number of rotatable bonds is 5. The molecule has 0 radical (unpaired) electrons. The van der Waals surface area contributed by atoms with Crippen LogP contribution in [0, 0.1) is 22.9 Å². The van der Waals surface area contributed by atoms with Gasteiger partial charge in [0.2, 0.25) is 11.6 Å². The second kappa shape index (κ2) is 7.28. The molecule has 0 atom stereocenters. The summed E-state index contributed by atoms with van der Waals surface area (Å²) < 4.78 is 13.3. The minimum absolute atomic E-state index is 0.0305. The molecule has 0 saturated heterocycles. The quantitative estimate of drug-likeness (QED) is 0.504. The number of nitrogens with zero attached hydrogens (tertiary/aromatic N) is 4. The lowest BCUT2D eigenvalue weighted by Gasteiger charge is -2.10. The summed E-state index contributed by atoms with van der Waals surface area (Å²) in [6.07, 6.45) is 2.78. The summed E-state index contributed by atoms with van der Waals surface area (Å²) in [7, 11) is 0. The van der Waals surface area contributed by atoms with Gasteiger partial charge in [0, 0.05) is 11.9 Å². The molecule has 0 aliphatic heterocycles. The summed E-state index contributed by atoms with van der Waals surface area (Å²) in [5.74, 6) is -0.297. The Bertz CT molecular complexity index is 967. The highest BCUT2D eigenvalue weighted by Gasteiger charge is 2.23. The number of hydrogen-bond donors (Lipinski definition) is 2. The van der Waals surface area contributed by atoms with Crippen LogP contribution in [0.4, 0.5) is 33.2 Å². The van der Waals surface area contributed by atoms with Crippen molar-refractivity contribution in [1.82, 2.24) is 15.0 Å². The monoisotopic (exact) mass is 374 g/mol. The van der Waals surface area contributed by atoms with E-state index in [1.165, 1.54) is 12.1 Å². The van der Waals surface area contributed by atoms with Crippen LogP contribution < -0.4 is 10.6 Å². The van der Waals surface area contributed by atoms with Crippen LogP contribution in [0.3, 0.4) is 0 Å². The molecule has 26 heavy (non-hydrogen) atoms. The van der Waals surface area contributed by atoms with Crippen molar-refractivity contribution >= 4 is 40.4 Å². The third kappa shape index (κ3) is 3.83. The van der Waals surface area contributed by atoms with Crippen LogP contribution in [0.15, 0.2) is 42.9 Å². The van der Waals surface area contributed by atoms with Crippen molar-refractivity contribution in [1.29, 1.82) is 0 Å². The number of pyridine rings is 1. The number of benzene rings is 1. The summed E-state index contributed by atoms with van der Waals surface area (Å²) in [6.45, 7) is 1.87. The minimum Gasteiger partial charge on any atom is -0.334 e. The van der Waals surface area contributed by atoms with E-state index in [1.807, 2.05) is 13.0 Å².